The lowest BCUT2D eigenvalue weighted by atomic mass is 10.1. The van der Waals surface area contributed by atoms with Crippen molar-refractivity contribution in [3.63, 3.8) is 0 Å². The molecule has 3 aromatic rings. The minimum absolute atomic E-state index is 0.104. The summed E-state index contributed by atoms with van der Waals surface area (Å²) >= 11 is 0. The molecule has 2 unspecified atom stereocenters. The maximum absolute atomic E-state index is 13.7. The molecule has 2 aliphatic rings. The van der Waals surface area contributed by atoms with Gasteiger partial charge in [-0.15, -0.1) is 0 Å². The fourth-order valence-electron chi connectivity index (χ4n) is 4.46. The number of rotatable bonds is 4. The Morgan fingerprint density at radius 3 is 1.41 bits per heavy atom. The van der Waals surface area contributed by atoms with Gasteiger partial charge in [0.2, 0.25) is 0 Å². The quantitative estimate of drug-likeness (QED) is 0.249. The SMILES string of the molecule is Cc1ccc(S(=O)/C2=C/CCC/C=C\CCCC/C=C(/S(=O)c3ccc(C)cc3)c3cc(O)c2cc3O)cc1. The summed E-state index contributed by atoms with van der Waals surface area (Å²) < 4.78 is 27.4. The zero-order valence-corrected chi connectivity index (χ0v) is 24.2. The summed E-state index contributed by atoms with van der Waals surface area (Å²) in [6.07, 6.45) is 14.3. The first-order chi connectivity index (χ1) is 18.8. The van der Waals surface area contributed by atoms with E-state index < -0.39 is 21.6 Å². The van der Waals surface area contributed by atoms with Crippen molar-refractivity contribution in [2.24, 2.45) is 0 Å². The number of phenolic OH excluding ortho intramolecular Hbond substituents is 2. The molecule has 39 heavy (non-hydrogen) atoms. The van der Waals surface area contributed by atoms with Crippen LogP contribution in [-0.2, 0) is 21.6 Å². The van der Waals surface area contributed by atoms with Gasteiger partial charge in [0, 0.05) is 20.9 Å². The van der Waals surface area contributed by atoms with Crippen molar-refractivity contribution in [1.82, 2.24) is 0 Å². The number of fused-ring (bicyclic) bond motifs is 11. The van der Waals surface area contributed by atoms with Gasteiger partial charge in [0.15, 0.2) is 0 Å². The molecule has 3 aromatic carbocycles. The Hall–Kier alpha value is -3.22. The van der Waals surface area contributed by atoms with E-state index in [2.05, 4.69) is 12.2 Å². The van der Waals surface area contributed by atoms with Crippen LogP contribution in [0.25, 0.3) is 9.81 Å². The second-order valence-electron chi connectivity index (χ2n) is 9.87. The van der Waals surface area contributed by atoms with Crippen molar-refractivity contribution in [2.75, 3.05) is 0 Å². The third-order valence-corrected chi connectivity index (χ3v) is 9.71. The molecule has 2 atom stereocenters. The molecule has 6 heteroatoms. The van der Waals surface area contributed by atoms with Crippen LogP contribution in [0, 0.1) is 13.8 Å². The minimum Gasteiger partial charge on any atom is -0.507 e. The van der Waals surface area contributed by atoms with E-state index in [-0.39, 0.29) is 11.5 Å². The van der Waals surface area contributed by atoms with Crippen LogP contribution in [0.4, 0.5) is 0 Å². The van der Waals surface area contributed by atoms with Crippen LogP contribution in [-0.4, -0.2) is 18.6 Å². The number of benzene rings is 3. The molecular weight excluding hydrogens is 524 g/mol. The molecule has 0 spiro atoms. The average molecular weight is 561 g/mol. The molecule has 0 aromatic heterocycles. The van der Waals surface area contributed by atoms with E-state index in [1.54, 1.807) is 0 Å². The second kappa shape index (κ2) is 13.7. The van der Waals surface area contributed by atoms with Crippen molar-refractivity contribution < 1.29 is 18.6 Å². The molecule has 0 amide bonds. The monoisotopic (exact) mass is 560 g/mol. The highest BCUT2D eigenvalue weighted by molar-refractivity contribution is 7.95. The summed E-state index contributed by atoms with van der Waals surface area (Å²) in [6.45, 7) is 3.95. The number of aromatic hydroxyl groups is 2. The Labute approximate surface area is 236 Å². The lowest BCUT2D eigenvalue weighted by Crippen LogP contribution is -2.01. The topological polar surface area (TPSA) is 74.6 Å². The molecule has 2 bridgehead atoms. The Morgan fingerprint density at radius 1 is 0.564 bits per heavy atom. The van der Waals surface area contributed by atoms with Gasteiger partial charge in [0.25, 0.3) is 0 Å². The Bertz CT molecular complexity index is 1430. The van der Waals surface area contributed by atoms with E-state index in [9.17, 15) is 18.6 Å². The fourth-order valence-corrected chi connectivity index (χ4v) is 7.00. The van der Waals surface area contributed by atoms with Crippen LogP contribution in [0.5, 0.6) is 11.5 Å². The fraction of sp³-hybridized carbons (Fsp3) is 0.273. The van der Waals surface area contributed by atoms with Gasteiger partial charge in [0.05, 0.1) is 31.4 Å². The van der Waals surface area contributed by atoms with E-state index in [1.807, 2.05) is 74.5 Å². The smallest absolute Gasteiger partial charge is 0.124 e. The number of hydrogen-bond donors (Lipinski definition) is 2. The highest BCUT2D eigenvalue weighted by Gasteiger charge is 2.22. The van der Waals surface area contributed by atoms with E-state index >= 15 is 0 Å². The third kappa shape index (κ3) is 7.46. The summed E-state index contributed by atoms with van der Waals surface area (Å²) in [5.74, 6) is -0.210. The summed E-state index contributed by atoms with van der Waals surface area (Å²) in [7, 11) is -3.12. The van der Waals surface area contributed by atoms with Gasteiger partial charge in [-0.25, -0.2) is 8.42 Å². The lowest BCUT2D eigenvalue weighted by Gasteiger charge is -2.16. The Morgan fingerprint density at radius 2 is 0.949 bits per heavy atom. The maximum atomic E-state index is 13.7. The van der Waals surface area contributed by atoms with Gasteiger partial charge in [-0.2, -0.15) is 0 Å². The van der Waals surface area contributed by atoms with Crippen LogP contribution >= 0.6 is 0 Å². The van der Waals surface area contributed by atoms with Crippen molar-refractivity contribution in [2.45, 2.75) is 68.6 Å². The van der Waals surface area contributed by atoms with Crippen molar-refractivity contribution in [3.05, 3.63) is 107 Å². The Kier molecular flexibility index (Phi) is 10.1. The number of phenols is 2. The van der Waals surface area contributed by atoms with Crippen LogP contribution in [0.2, 0.25) is 0 Å². The second-order valence-corrected chi connectivity index (χ2v) is 12.8. The molecular formula is C33H36O4S2. The first kappa shape index (κ1) is 28.8. The van der Waals surface area contributed by atoms with E-state index in [0.29, 0.717) is 43.6 Å². The highest BCUT2D eigenvalue weighted by atomic mass is 32.2. The molecule has 0 saturated carbocycles. The van der Waals surface area contributed by atoms with Crippen LogP contribution in [0.3, 0.4) is 0 Å². The highest BCUT2D eigenvalue weighted by Crippen LogP contribution is 2.40. The molecule has 204 valence electrons. The molecule has 0 saturated heterocycles. The molecule has 0 fully saturated rings. The number of aryl methyl sites for hydroxylation is 2. The van der Waals surface area contributed by atoms with Crippen LogP contribution < -0.4 is 0 Å². The third-order valence-electron chi connectivity index (χ3n) is 6.74. The van der Waals surface area contributed by atoms with E-state index in [1.165, 1.54) is 12.1 Å². The van der Waals surface area contributed by atoms with E-state index in [4.69, 9.17) is 0 Å². The summed E-state index contributed by atoms with van der Waals surface area (Å²) in [4.78, 5) is 2.17. The van der Waals surface area contributed by atoms with Gasteiger partial charge in [-0.3, -0.25) is 0 Å². The summed E-state index contributed by atoms with van der Waals surface area (Å²) in [5.41, 5.74) is 2.77. The zero-order valence-electron chi connectivity index (χ0n) is 22.6. The van der Waals surface area contributed by atoms with Crippen molar-refractivity contribution in [1.29, 1.82) is 0 Å². The van der Waals surface area contributed by atoms with Crippen molar-refractivity contribution >= 4 is 31.4 Å². The molecule has 2 aliphatic carbocycles. The van der Waals surface area contributed by atoms with Crippen LogP contribution in [0.15, 0.2) is 94.8 Å². The standard InChI is InChI=1S/C33H36O4S2/c1-24-14-18-26(19-15-24)38(36)32-12-10-8-6-4-3-5-7-9-11-13-33(29-23-30(34)28(32)22-31(29)35)39(37)27-20-16-25(2)17-21-27/h3-4,12-23,34-35H,5-11H2,1-2H3/b4-3-,32-12+,33-13+. The molecule has 2 N–H and O–H groups in total. The predicted molar refractivity (Wildman–Crippen MR) is 162 cm³/mol. The maximum Gasteiger partial charge on any atom is 0.124 e. The molecule has 4 nitrogen and oxygen atoms in total. The van der Waals surface area contributed by atoms with Gasteiger partial charge in [0.1, 0.15) is 11.5 Å². The van der Waals surface area contributed by atoms with Gasteiger partial charge < -0.3 is 10.2 Å². The van der Waals surface area contributed by atoms with Gasteiger partial charge in [-0.1, -0.05) is 59.7 Å². The zero-order chi connectivity index (χ0) is 27.8. The molecule has 0 radical (unpaired) electrons. The largest absolute Gasteiger partial charge is 0.507 e. The van der Waals surface area contributed by atoms with Crippen molar-refractivity contribution in [3.8, 4) is 11.5 Å². The Balaban J connectivity index is 1.81. The molecule has 0 heterocycles. The normalized spacial score (nSPS) is 20.2. The molecule has 0 aliphatic heterocycles. The summed E-state index contributed by atoms with van der Waals surface area (Å²) in [5, 5.41) is 22.4. The number of allylic oxidation sites excluding steroid dienone is 4. The molecule has 5 rings (SSSR count). The predicted octanol–water partition coefficient (Wildman–Crippen LogP) is 8.31. The van der Waals surface area contributed by atoms with Gasteiger partial charge >= 0.3 is 0 Å². The minimum atomic E-state index is -1.56. The van der Waals surface area contributed by atoms with E-state index in [0.717, 1.165) is 43.2 Å². The first-order valence-electron chi connectivity index (χ1n) is 13.4. The van der Waals surface area contributed by atoms with Crippen LogP contribution in [0.1, 0.15) is 67.2 Å². The lowest BCUT2D eigenvalue weighted by molar-refractivity contribution is 0.458. The number of hydrogen-bond acceptors (Lipinski definition) is 4. The average Bonchev–Trinajstić information content (AvgIpc) is 2.93. The summed E-state index contributed by atoms with van der Waals surface area (Å²) in [6, 6.07) is 17.9. The first-order valence-corrected chi connectivity index (χ1v) is 15.7. The van der Waals surface area contributed by atoms with Gasteiger partial charge in [-0.05, 0) is 95.2 Å².